The van der Waals surface area contributed by atoms with E-state index in [9.17, 15) is 19.8 Å². The predicted octanol–water partition coefficient (Wildman–Crippen LogP) is 4.81. The summed E-state index contributed by atoms with van der Waals surface area (Å²) in [5.41, 5.74) is 0.662. The minimum atomic E-state index is -1.07. The van der Waals surface area contributed by atoms with Crippen molar-refractivity contribution in [1.29, 1.82) is 0 Å². The van der Waals surface area contributed by atoms with Crippen LogP contribution in [0.3, 0.4) is 0 Å². The topological polar surface area (TPSA) is 104 Å². The molecular weight excluding hydrogens is 420 g/mol. The average Bonchev–Trinajstić information content (AvgIpc) is 2.76. The number of esters is 1. The van der Waals surface area contributed by atoms with Crippen LogP contribution < -0.4 is 0 Å². The number of carbonyl (C=O) groups excluding carboxylic acids is 1. The quantitative estimate of drug-likeness (QED) is 0.268. The van der Waals surface area contributed by atoms with Gasteiger partial charge in [0, 0.05) is 5.92 Å². The first kappa shape index (κ1) is 27.3. The number of aliphatic hydroxyl groups excluding tert-OH is 2. The summed E-state index contributed by atoms with van der Waals surface area (Å²) in [6.07, 6.45) is 10.9. The van der Waals surface area contributed by atoms with Crippen LogP contribution in [-0.4, -0.2) is 45.6 Å². The van der Waals surface area contributed by atoms with Crippen molar-refractivity contribution in [1.82, 2.24) is 0 Å². The summed E-state index contributed by atoms with van der Waals surface area (Å²) < 4.78 is 6.23. The molecular formula is C27H42O6. The Balaban J connectivity index is 2.13. The van der Waals surface area contributed by atoms with E-state index in [2.05, 4.69) is 31.7 Å². The molecule has 0 aliphatic heterocycles. The Bertz CT molecular complexity index is 735. The molecule has 2 aliphatic rings. The van der Waals surface area contributed by atoms with Crippen LogP contribution in [0.5, 0.6) is 0 Å². The van der Waals surface area contributed by atoms with Crippen molar-refractivity contribution < 1.29 is 29.6 Å². The van der Waals surface area contributed by atoms with Crippen LogP contribution in [0.4, 0.5) is 0 Å². The molecule has 0 aromatic rings. The normalized spacial score (nSPS) is 26.6. The number of allylic oxidation sites excluding steroid dienone is 4. The highest BCUT2D eigenvalue weighted by Gasteiger charge is 2.43. The minimum Gasteiger partial charge on any atom is -0.481 e. The van der Waals surface area contributed by atoms with Gasteiger partial charge in [-0.2, -0.15) is 0 Å². The van der Waals surface area contributed by atoms with E-state index in [-0.39, 0.29) is 42.7 Å². The van der Waals surface area contributed by atoms with Gasteiger partial charge in [-0.15, -0.1) is 6.58 Å². The third kappa shape index (κ3) is 7.03. The maximum atomic E-state index is 13.3. The van der Waals surface area contributed by atoms with Gasteiger partial charge in [0.2, 0.25) is 0 Å². The summed E-state index contributed by atoms with van der Waals surface area (Å²) in [7, 11) is 0. The van der Waals surface area contributed by atoms with E-state index in [1.54, 1.807) is 6.08 Å². The molecule has 2 aliphatic carbocycles. The van der Waals surface area contributed by atoms with Gasteiger partial charge in [0.1, 0.15) is 6.10 Å². The highest BCUT2D eigenvalue weighted by atomic mass is 16.5. The third-order valence-corrected chi connectivity index (χ3v) is 7.71. The highest BCUT2D eigenvalue weighted by Crippen LogP contribution is 2.45. The number of fused-ring (bicyclic) bond motifs is 1. The van der Waals surface area contributed by atoms with Crippen molar-refractivity contribution in [3.8, 4) is 0 Å². The summed E-state index contributed by atoms with van der Waals surface area (Å²) in [5.74, 6) is -0.681. The van der Waals surface area contributed by atoms with Crippen molar-refractivity contribution in [3.63, 3.8) is 0 Å². The summed E-state index contributed by atoms with van der Waals surface area (Å²) >= 11 is 0. The van der Waals surface area contributed by atoms with Gasteiger partial charge in [0.15, 0.2) is 0 Å². The number of carboxylic acids is 1. The maximum absolute atomic E-state index is 13.3. The van der Waals surface area contributed by atoms with Crippen molar-refractivity contribution in [3.05, 3.63) is 36.5 Å². The fourth-order valence-electron chi connectivity index (χ4n) is 5.51. The lowest BCUT2D eigenvalue weighted by Gasteiger charge is -2.43. The molecule has 0 amide bonds. The van der Waals surface area contributed by atoms with E-state index in [1.807, 2.05) is 13.8 Å². The molecule has 0 aromatic heterocycles. The second-order valence-corrected chi connectivity index (χ2v) is 9.83. The standard InChI is InChI=1S/C27H42O6/c1-5-15-27(6-2,7-3)26(32)33-23-10-8-9-19-12-11-18(4)22(25(19)23)14-13-20(28)16-21(29)17-24(30)31/h5,9,11-12,18,20-23,25,28-29H,1,6-8,10,13-17H2,2-4H3,(H,30,31)/t18-,20+,21+,22-,23-,25-/m0/s1. The average molecular weight is 463 g/mol. The molecule has 33 heavy (non-hydrogen) atoms. The van der Waals surface area contributed by atoms with Crippen LogP contribution in [0.2, 0.25) is 0 Å². The molecule has 0 radical (unpaired) electrons. The minimum absolute atomic E-state index is 0.0477. The molecule has 0 bridgehead atoms. The smallest absolute Gasteiger partial charge is 0.312 e. The fourth-order valence-corrected chi connectivity index (χ4v) is 5.51. The summed E-state index contributed by atoms with van der Waals surface area (Å²) in [6, 6.07) is 0. The Hall–Kier alpha value is -1.92. The zero-order valence-corrected chi connectivity index (χ0v) is 20.4. The molecule has 0 unspecified atom stereocenters. The lowest BCUT2D eigenvalue weighted by molar-refractivity contribution is -0.166. The molecule has 6 heteroatoms. The molecule has 3 N–H and O–H groups in total. The van der Waals surface area contributed by atoms with Gasteiger partial charge >= 0.3 is 11.9 Å². The van der Waals surface area contributed by atoms with Crippen molar-refractivity contribution in [2.75, 3.05) is 0 Å². The number of aliphatic hydroxyl groups is 2. The molecule has 0 spiro atoms. The van der Waals surface area contributed by atoms with Gasteiger partial charge in [-0.3, -0.25) is 9.59 Å². The molecule has 2 rings (SSSR count). The van der Waals surface area contributed by atoms with Crippen LogP contribution >= 0.6 is 0 Å². The zero-order chi connectivity index (χ0) is 24.6. The molecule has 0 aromatic carbocycles. The first-order valence-corrected chi connectivity index (χ1v) is 12.5. The molecule has 0 heterocycles. The Morgan fingerprint density at radius 2 is 1.97 bits per heavy atom. The first-order chi connectivity index (χ1) is 15.7. The fraction of sp³-hybridized carbons (Fsp3) is 0.704. The molecule has 0 saturated heterocycles. The van der Waals surface area contributed by atoms with Gasteiger partial charge in [-0.05, 0) is 68.8 Å². The van der Waals surface area contributed by atoms with Crippen molar-refractivity contribution in [2.24, 2.45) is 23.2 Å². The van der Waals surface area contributed by atoms with Gasteiger partial charge in [-0.1, -0.05) is 45.1 Å². The Morgan fingerprint density at radius 3 is 2.58 bits per heavy atom. The Morgan fingerprint density at radius 1 is 1.27 bits per heavy atom. The molecule has 186 valence electrons. The Labute approximate surface area is 198 Å². The van der Waals surface area contributed by atoms with Crippen molar-refractivity contribution in [2.45, 2.75) is 96.9 Å². The number of hydrogen-bond acceptors (Lipinski definition) is 5. The van der Waals surface area contributed by atoms with Gasteiger partial charge < -0.3 is 20.1 Å². The lowest BCUT2D eigenvalue weighted by atomic mass is 9.66. The predicted molar refractivity (Wildman–Crippen MR) is 128 cm³/mol. The number of carbonyl (C=O) groups is 2. The van der Waals surface area contributed by atoms with Crippen LogP contribution in [-0.2, 0) is 14.3 Å². The number of rotatable bonds is 13. The highest BCUT2D eigenvalue weighted by molar-refractivity contribution is 5.77. The number of ether oxygens (including phenoxy) is 1. The first-order valence-electron chi connectivity index (χ1n) is 12.5. The molecule has 6 nitrogen and oxygen atoms in total. The van der Waals surface area contributed by atoms with Crippen LogP contribution in [0, 0.1) is 23.2 Å². The van der Waals surface area contributed by atoms with E-state index >= 15 is 0 Å². The largest absolute Gasteiger partial charge is 0.481 e. The third-order valence-electron chi connectivity index (χ3n) is 7.71. The van der Waals surface area contributed by atoms with Gasteiger partial charge in [0.25, 0.3) is 0 Å². The lowest BCUT2D eigenvalue weighted by Crippen LogP contribution is -2.42. The number of carboxylic acid groups (broad SMARTS) is 1. The molecule has 6 atom stereocenters. The molecule has 0 fully saturated rings. The summed E-state index contributed by atoms with van der Waals surface area (Å²) in [5, 5.41) is 29.1. The monoisotopic (exact) mass is 462 g/mol. The maximum Gasteiger partial charge on any atom is 0.312 e. The zero-order valence-electron chi connectivity index (χ0n) is 20.4. The van der Waals surface area contributed by atoms with E-state index in [4.69, 9.17) is 9.84 Å². The van der Waals surface area contributed by atoms with E-state index < -0.39 is 23.6 Å². The number of hydrogen-bond donors (Lipinski definition) is 3. The van der Waals surface area contributed by atoms with E-state index in [1.165, 1.54) is 5.57 Å². The van der Waals surface area contributed by atoms with Crippen LogP contribution in [0.15, 0.2) is 36.5 Å². The molecule has 0 saturated carbocycles. The van der Waals surface area contributed by atoms with E-state index in [0.717, 1.165) is 12.8 Å². The second kappa shape index (κ2) is 12.5. The SMILES string of the molecule is C=CCC(CC)(CC)C(=O)O[C@H]1CCC=C2C=C[C@H](C)[C@H](CC[C@@H](O)C[C@@H](O)CC(=O)O)[C@H]21. The van der Waals surface area contributed by atoms with Crippen LogP contribution in [0.25, 0.3) is 0 Å². The van der Waals surface area contributed by atoms with Crippen molar-refractivity contribution >= 4 is 11.9 Å². The summed E-state index contributed by atoms with van der Waals surface area (Å²) in [6.45, 7) is 10.0. The second-order valence-electron chi connectivity index (χ2n) is 9.83. The van der Waals surface area contributed by atoms with E-state index in [0.29, 0.717) is 32.1 Å². The summed E-state index contributed by atoms with van der Waals surface area (Å²) in [4.78, 5) is 24.1. The van der Waals surface area contributed by atoms with Gasteiger partial charge in [-0.25, -0.2) is 0 Å². The van der Waals surface area contributed by atoms with Gasteiger partial charge in [0.05, 0.1) is 24.0 Å². The number of aliphatic carboxylic acids is 1. The Kier molecular flexibility index (Phi) is 10.4. The van der Waals surface area contributed by atoms with Crippen LogP contribution in [0.1, 0.15) is 78.6 Å².